The van der Waals surface area contributed by atoms with Crippen molar-refractivity contribution in [3.05, 3.63) is 65.0 Å². The number of hydrogen-bond acceptors (Lipinski definition) is 2. The Labute approximate surface area is 100 Å². The molecule has 1 aromatic carbocycles. The van der Waals surface area contributed by atoms with Crippen LogP contribution in [0.25, 0.3) is 0 Å². The Morgan fingerprint density at radius 3 is 2.82 bits per heavy atom. The molecule has 2 aromatic rings. The van der Waals surface area contributed by atoms with Crippen LogP contribution in [-0.4, -0.2) is 11.3 Å². The lowest BCUT2D eigenvalue weighted by molar-refractivity contribution is 0.112. The summed E-state index contributed by atoms with van der Waals surface area (Å²) in [6, 6.07) is 11.3. The van der Waals surface area contributed by atoms with Gasteiger partial charge in [0.05, 0.1) is 0 Å². The average Bonchev–Trinajstić information content (AvgIpc) is 2.37. The van der Waals surface area contributed by atoms with Crippen molar-refractivity contribution in [1.82, 2.24) is 4.98 Å². The zero-order valence-electron chi connectivity index (χ0n) is 9.47. The normalized spacial score (nSPS) is 9.24. The lowest BCUT2D eigenvalue weighted by Crippen LogP contribution is -1.90. The summed E-state index contributed by atoms with van der Waals surface area (Å²) in [5, 5.41) is 0. The predicted octanol–water partition coefficient (Wildman–Crippen LogP) is 2.60. The van der Waals surface area contributed by atoms with Gasteiger partial charge in [-0.1, -0.05) is 18.1 Å². The number of rotatable bonds is 1. The molecule has 0 saturated heterocycles. The van der Waals surface area contributed by atoms with Crippen LogP contribution in [0.4, 0.5) is 0 Å². The van der Waals surface area contributed by atoms with E-state index in [0.717, 1.165) is 17.4 Å². The Bertz CT molecular complexity index is 606. The van der Waals surface area contributed by atoms with Crippen molar-refractivity contribution in [2.45, 2.75) is 6.92 Å². The number of benzene rings is 1. The van der Waals surface area contributed by atoms with Crippen LogP contribution >= 0.6 is 0 Å². The maximum Gasteiger partial charge on any atom is 0.152 e. The van der Waals surface area contributed by atoms with Crippen molar-refractivity contribution in [2.24, 2.45) is 0 Å². The average molecular weight is 221 g/mol. The first-order valence-corrected chi connectivity index (χ1v) is 5.28. The fourth-order valence-corrected chi connectivity index (χ4v) is 1.47. The molecule has 1 aromatic heterocycles. The second kappa shape index (κ2) is 5.09. The summed E-state index contributed by atoms with van der Waals surface area (Å²) in [5.41, 5.74) is 3.12. The summed E-state index contributed by atoms with van der Waals surface area (Å²) in [6.07, 6.45) is 2.40. The zero-order chi connectivity index (χ0) is 12.1. The van der Waals surface area contributed by atoms with E-state index < -0.39 is 0 Å². The Morgan fingerprint density at radius 2 is 2.06 bits per heavy atom. The summed E-state index contributed by atoms with van der Waals surface area (Å²) in [6.45, 7) is 2.02. The van der Waals surface area contributed by atoms with Crippen LogP contribution in [0.15, 0.2) is 42.6 Å². The van der Waals surface area contributed by atoms with E-state index in [1.165, 1.54) is 0 Å². The SMILES string of the molecule is Cc1cccc(C#Cc2ncccc2C=O)c1. The lowest BCUT2D eigenvalue weighted by atomic mass is 10.1. The van der Waals surface area contributed by atoms with E-state index in [-0.39, 0.29) is 0 Å². The first-order valence-electron chi connectivity index (χ1n) is 5.28. The van der Waals surface area contributed by atoms with Gasteiger partial charge in [0.2, 0.25) is 0 Å². The summed E-state index contributed by atoms with van der Waals surface area (Å²) < 4.78 is 0. The van der Waals surface area contributed by atoms with Gasteiger partial charge in [-0.05, 0) is 42.7 Å². The third-order valence-corrected chi connectivity index (χ3v) is 2.31. The third kappa shape index (κ3) is 2.79. The molecule has 1 heterocycles. The molecule has 0 saturated carbocycles. The van der Waals surface area contributed by atoms with E-state index in [4.69, 9.17) is 0 Å². The number of aldehydes is 1. The molecule has 0 aliphatic heterocycles. The second-order valence-electron chi connectivity index (χ2n) is 3.68. The van der Waals surface area contributed by atoms with E-state index in [0.29, 0.717) is 11.3 Å². The molecule has 82 valence electrons. The van der Waals surface area contributed by atoms with Crippen LogP contribution in [0.2, 0.25) is 0 Å². The molecule has 0 bridgehead atoms. The van der Waals surface area contributed by atoms with Gasteiger partial charge in [0.1, 0.15) is 5.69 Å². The highest BCUT2D eigenvalue weighted by Crippen LogP contribution is 2.04. The molecule has 0 unspecified atom stereocenters. The molecule has 0 atom stereocenters. The zero-order valence-corrected chi connectivity index (χ0v) is 9.47. The molecule has 0 spiro atoms. The molecule has 0 radical (unpaired) electrons. The van der Waals surface area contributed by atoms with Crippen LogP contribution in [0.1, 0.15) is 27.2 Å². The fourth-order valence-electron chi connectivity index (χ4n) is 1.47. The highest BCUT2D eigenvalue weighted by atomic mass is 16.1. The molecule has 0 aliphatic carbocycles. The van der Waals surface area contributed by atoms with E-state index in [9.17, 15) is 4.79 Å². The van der Waals surface area contributed by atoms with Gasteiger partial charge in [0.15, 0.2) is 6.29 Å². The molecule has 2 rings (SSSR count). The maximum absolute atomic E-state index is 10.8. The Balaban J connectivity index is 2.36. The number of carbonyl (C=O) groups excluding carboxylic acids is 1. The minimum atomic E-state index is 0.518. The van der Waals surface area contributed by atoms with Gasteiger partial charge in [-0.25, -0.2) is 4.98 Å². The Kier molecular flexibility index (Phi) is 3.32. The molecule has 0 aliphatic rings. The van der Waals surface area contributed by atoms with Crippen molar-refractivity contribution >= 4 is 6.29 Å². The number of pyridine rings is 1. The van der Waals surface area contributed by atoms with Gasteiger partial charge in [-0.3, -0.25) is 4.79 Å². The number of aromatic nitrogens is 1. The summed E-state index contributed by atoms with van der Waals surface area (Å²) in [5.74, 6) is 5.92. The van der Waals surface area contributed by atoms with E-state index in [2.05, 4.69) is 16.8 Å². The van der Waals surface area contributed by atoms with Crippen LogP contribution in [0, 0.1) is 18.8 Å². The van der Waals surface area contributed by atoms with Gasteiger partial charge in [-0.2, -0.15) is 0 Å². The number of aryl methyl sites for hydroxylation is 1. The van der Waals surface area contributed by atoms with E-state index in [1.807, 2.05) is 31.2 Å². The van der Waals surface area contributed by atoms with Gasteiger partial charge < -0.3 is 0 Å². The third-order valence-electron chi connectivity index (χ3n) is 2.31. The molecule has 0 N–H and O–H groups in total. The highest BCUT2D eigenvalue weighted by Gasteiger charge is 1.97. The second-order valence-corrected chi connectivity index (χ2v) is 3.68. The minimum Gasteiger partial charge on any atom is -0.298 e. The topological polar surface area (TPSA) is 30.0 Å². The van der Waals surface area contributed by atoms with Crippen molar-refractivity contribution in [1.29, 1.82) is 0 Å². The van der Waals surface area contributed by atoms with Crippen LogP contribution in [-0.2, 0) is 0 Å². The van der Waals surface area contributed by atoms with Crippen LogP contribution in [0.3, 0.4) is 0 Å². The number of hydrogen-bond donors (Lipinski definition) is 0. The maximum atomic E-state index is 10.8. The van der Waals surface area contributed by atoms with Gasteiger partial charge in [-0.15, -0.1) is 0 Å². The molecule has 2 nitrogen and oxygen atoms in total. The smallest absolute Gasteiger partial charge is 0.152 e. The molecule has 0 fully saturated rings. The molecule has 2 heteroatoms. The van der Waals surface area contributed by atoms with E-state index >= 15 is 0 Å². The standard InChI is InChI=1S/C15H11NO/c1-12-4-2-5-13(10-12)7-8-15-14(11-17)6-3-9-16-15/h2-6,9-11H,1H3. The van der Waals surface area contributed by atoms with Gasteiger partial charge >= 0.3 is 0 Å². The molecular weight excluding hydrogens is 210 g/mol. The lowest BCUT2D eigenvalue weighted by Gasteiger charge is -1.94. The van der Waals surface area contributed by atoms with Crippen LogP contribution in [0.5, 0.6) is 0 Å². The molecule has 17 heavy (non-hydrogen) atoms. The first kappa shape index (κ1) is 11.1. The predicted molar refractivity (Wildman–Crippen MR) is 66.8 cm³/mol. The summed E-state index contributed by atoms with van der Waals surface area (Å²) in [7, 11) is 0. The van der Waals surface area contributed by atoms with Crippen molar-refractivity contribution in [3.63, 3.8) is 0 Å². The summed E-state index contributed by atoms with van der Waals surface area (Å²) in [4.78, 5) is 14.9. The fraction of sp³-hybridized carbons (Fsp3) is 0.0667. The quantitative estimate of drug-likeness (QED) is 0.547. The van der Waals surface area contributed by atoms with Crippen molar-refractivity contribution in [2.75, 3.05) is 0 Å². The van der Waals surface area contributed by atoms with Gasteiger partial charge in [0.25, 0.3) is 0 Å². The summed E-state index contributed by atoms with van der Waals surface area (Å²) >= 11 is 0. The molecular formula is C15H11NO. The largest absolute Gasteiger partial charge is 0.298 e. The minimum absolute atomic E-state index is 0.518. The Hall–Kier alpha value is -2.40. The monoisotopic (exact) mass is 221 g/mol. The van der Waals surface area contributed by atoms with Crippen molar-refractivity contribution in [3.8, 4) is 11.8 Å². The van der Waals surface area contributed by atoms with Crippen molar-refractivity contribution < 1.29 is 4.79 Å². The van der Waals surface area contributed by atoms with E-state index in [1.54, 1.807) is 18.3 Å². The first-order chi connectivity index (χ1) is 8.29. The molecule has 0 amide bonds. The van der Waals surface area contributed by atoms with Gasteiger partial charge in [0, 0.05) is 17.3 Å². The Morgan fingerprint density at radius 1 is 1.18 bits per heavy atom. The highest BCUT2D eigenvalue weighted by molar-refractivity contribution is 5.78. The number of carbonyl (C=O) groups is 1. The number of nitrogens with zero attached hydrogens (tertiary/aromatic N) is 1. The van der Waals surface area contributed by atoms with Crippen LogP contribution < -0.4 is 0 Å².